The molecule has 1 fully saturated rings. The first-order valence-electron chi connectivity index (χ1n) is 6.85. The van der Waals surface area contributed by atoms with Gasteiger partial charge in [-0.1, -0.05) is 6.42 Å². The van der Waals surface area contributed by atoms with E-state index in [9.17, 15) is 8.42 Å². The minimum Gasteiger partial charge on any atom is -0.313 e. The topological polar surface area (TPSA) is 61.4 Å². The third-order valence-electron chi connectivity index (χ3n) is 3.08. The van der Waals surface area contributed by atoms with Crippen LogP contribution >= 0.6 is 0 Å². The maximum Gasteiger partial charge on any atom is 0.279 e. The summed E-state index contributed by atoms with van der Waals surface area (Å²) < 4.78 is 28.7. The lowest BCUT2D eigenvalue weighted by Gasteiger charge is -2.32. The molecule has 0 saturated carbocycles. The van der Waals surface area contributed by atoms with Crippen molar-refractivity contribution in [1.29, 1.82) is 0 Å². The monoisotopic (exact) mass is 277 g/mol. The smallest absolute Gasteiger partial charge is 0.279 e. The minimum atomic E-state index is -3.38. The van der Waals surface area contributed by atoms with Crippen LogP contribution in [0.25, 0.3) is 0 Å². The molecule has 1 heterocycles. The molecule has 2 N–H and O–H groups in total. The lowest BCUT2D eigenvalue weighted by atomic mass is 10.1. The van der Waals surface area contributed by atoms with Crippen LogP contribution in [0.4, 0.5) is 0 Å². The highest BCUT2D eigenvalue weighted by molar-refractivity contribution is 7.87. The molecule has 0 amide bonds. The molecule has 5 nitrogen and oxygen atoms in total. The van der Waals surface area contributed by atoms with E-state index in [2.05, 4.69) is 10.0 Å². The van der Waals surface area contributed by atoms with Crippen molar-refractivity contribution in [2.45, 2.75) is 65.1 Å². The van der Waals surface area contributed by atoms with Crippen molar-refractivity contribution in [2.24, 2.45) is 0 Å². The lowest BCUT2D eigenvalue weighted by Crippen LogP contribution is -2.52. The van der Waals surface area contributed by atoms with Crippen molar-refractivity contribution in [3.05, 3.63) is 0 Å². The fourth-order valence-corrected chi connectivity index (χ4v) is 3.91. The van der Waals surface area contributed by atoms with Crippen LogP contribution in [0.5, 0.6) is 0 Å². The maximum atomic E-state index is 12.2. The second-order valence-corrected chi connectivity index (χ2v) is 7.24. The van der Waals surface area contributed by atoms with Crippen LogP contribution < -0.4 is 10.0 Å². The normalized spacial score (nSPS) is 22.1. The van der Waals surface area contributed by atoms with Gasteiger partial charge in [0.1, 0.15) is 0 Å². The molecule has 18 heavy (non-hydrogen) atoms. The quantitative estimate of drug-likeness (QED) is 0.764. The van der Waals surface area contributed by atoms with E-state index in [-0.39, 0.29) is 18.1 Å². The molecule has 0 aromatic carbocycles. The first-order chi connectivity index (χ1) is 8.33. The molecule has 6 heteroatoms. The molecular formula is C12H27N3O2S. The molecule has 1 aliphatic rings. The Bertz CT molecular complexity index is 335. The summed E-state index contributed by atoms with van der Waals surface area (Å²) in [5.41, 5.74) is 0. The van der Waals surface area contributed by atoms with Crippen molar-refractivity contribution >= 4 is 10.2 Å². The number of hydrogen-bond donors (Lipinski definition) is 2. The van der Waals surface area contributed by atoms with E-state index in [1.165, 1.54) is 12.8 Å². The molecule has 1 rings (SSSR count). The molecule has 1 aliphatic heterocycles. The number of nitrogens with zero attached hydrogens (tertiary/aromatic N) is 1. The fourth-order valence-electron chi connectivity index (χ4n) is 2.25. The van der Waals surface area contributed by atoms with Crippen molar-refractivity contribution in [1.82, 2.24) is 14.3 Å². The zero-order valence-electron chi connectivity index (χ0n) is 11.9. The lowest BCUT2D eigenvalue weighted by molar-refractivity contribution is 0.278. The summed E-state index contributed by atoms with van der Waals surface area (Å²) in [6, 6.07) is 0.186. The van der Waals surface area contributed by atoms with Crippen molar-refractivity contribution < 1.29 is 8.42 Å². The summed E-state index contributed by atoms with van der Waals surface area (Å²) in [4.78, 5) is 0. The van der Waals surface area contributed by atoms with E-state index < -0.39 is 10.2 Å². The summed E-state index contributed by atoms with van der Waals surface area (Å²) in [6.45, 7) is 9.07. The summed E-state index contributed by atoms with van der Waals surface area (Å²) in [6.07, 6.45) is 3.43. The molecule has 0 bridgehead atoms. The molecule has 1 unspecified atom stereocenters. The first kappa shape index (κ1) is 15.9. The van der Waals surface area contributed by atoms with Crippen LogP contribution in [0.3, 0.4) is 0 Å². The molecule has 0 aromatic rings. The largest absolute Gasteiger partial charge is 0.313 e. The maximum absolute atomic E-state index is 12.2. The predicted octanol–water partition coefficient (Wildman–Crippen LogP) is 1.08. The molecule has 0 radical (unpaired) electrons. The number of hydrogen-bond acceptors (Lipinski definition) is 3. The Morgan fingerprint density at radius 1 is 1.28 bits per heavy atom. The van der Waals surface area contributed by atoms with Gasteiger partial charge >= 0.3 is 0 Å². The van der Waals surface area contributed by atoms with Gasteiger partial charge in [-0.05, 0) is 47.1 Å². The van der Waals surface area contributed by atoms with E-state index >= 15 is 0 Å². The standard InChI is InChI=1S/C12H27N3O2S/c1-10(2)14-18(16,17)15(11(3)4)9-12-7-5-6-8-13-12/h10-14H,5-9H2,1-4H3. The third kappa shape index (κ3) is 4.84. The van der Waals surface area contributed by atoms with Crippen LogP contribution in [-0.2, 0) is 10.2 Å². The Balaban J connectivity index is 2.69. The Labute approximate surface area is 112 Å². The van der Waals surface area contributed by atoms with E-state index in [0.29, 0.717) is 6.54 Å². The van der Waals surface area contributed by atoms with Gasteiger partial charge in [0.05, 0.1) is 0 Å². The van der Waals surface area contributed by atoms with E-state index in [1.807, 2.05) is 27.7 Å². The molecule has 1 atom stereocenters. The number of nitrogens with one attached hydrogen (secondary N) is 2. The Hall–Kier alpha value is -0.170. The number of rotatable bonds is 6. The molecular weight excluding hydrogens is 250 g/mol. The summed E-state index contributed by atoms with van der Waals surface area (Å²) in [5, 5.41) is 3.40. The van der Waals surface area contributed by atoms with Gasteiger partial charge in [-0.25, -0.2) is 0 Å². The molecule has 0 spiro atoms. The van der Waals surface area contributed by atoms with Gasteiger partial charge in [0.15, 0.2) is 0 Å². The minimum absolute atomic E-state index is 0.0232. The van der Waals surface area contributed by atoms with Crippen LogP contribution in [0.1, 0.15) is 47.0 Å². The Kier molecular flexibility index (Phi) is 6.04. The molecule has 108 valence electrons. The highest BCUT2D eigenvalue weighted by Gasteiger charge is 2.28. The number of piperidine rings is 1. The second kappa shape index (κ2) is 6.84. The van der Waals surface area contributed by atoms with Crippen LogP contribution in [-0.4, -0.2) is 43.9 Å². The van der Waals surface area contributed by atoms with Crippen molar-refractivity contribution in [3.8, 4) is 0 Å². The van der Waals surface area contributed by atoms with E-state index in [4.69, 9.17) is 0 Å². The highest BCUT2D eigenvalue weighted by Crippen LogP contribution is 2.13. The van der Waals surface area contributed by atoms with Crippen molar-refractivity contribution in [3.63, 3.8) is 0 Å². The predicted molar refractivity (Wildman–Crippen MR) is 74.7 cm³/mol. The second-order valence-electron chi connectivity index (χ2n) is 5.59. The van der Waals surface area contributed by atoms with Gasteiger partial charge in [0.2, 0.25) is 0 Å². The fraction of sp³-hybridized carbons (Fsp3) is 1.00. The van der Waals surface area contributed by atoms with Gasteiger partial charge in [-0.2, -0.15) is 17.4 Å². The van der Waals surface area contributed by atoms with Gasteiger partial charge in [-0.15, -0.1) is 0 Å². The van der Waals surface area contributed by atoms with Crippen molar-refractivity contribution in [2.75, 3.05) is 13.1 Å². The Morgan fingerprint density at radius 2 is 1.94 bits per heavy atom. The van der Waals surface area contributed by atoms with Crippen LogP contribution in [0.15, 0.2) is 0 Å². The summed E-state index contributed by atoms with van der Waals surface area (Å²) >= 11 is 0. The first-order valence-corrected chi connectivity index (χ1v) is 8.29. The highest BCUT2D eigenvalue weighted by atomic mass is 32.2. The van der Waals surface area contributed by atoms with Crippen LogP contribution in [0.2, 0.25) is 0 Å². The van der Waals surface area contributed by atoms with Gasteiger partial charge < -0.3 is 5.32 Å². The average molecular weight is 277 g/mol. The van der Waals surface area contributed by atoms with Crippen LogP contribution in [0, 0.1) is 0 Å². The molecule has 1 saturated heterocycles. The van der Waals surface area contributed by atoms with E-state index in [0.717, 1.165) is 13.0 Å². The van der Waals surface area contributed by atoms with Gasteiger partial charge in [-0.3, -0.25) is 0 Å². The summed E-state index contributed by atoms with van der Waals surface area (Å²) in [7, 11) is -3.38. The summed E-state index contributed by atoms with van der Waals surface area (Å²) in [5.74, 6) is 0. The molecule has 0 aromatic heterocycles. The zero-order chi connectivity index (χ0) is 13.8. The van der Waals surface area contributed by atoms with Gasteiger partial charge in [0.25, 0.3) is 10.2 Å². The SMILES string of the molecule is CC(C)NS(=O)(=O)N(CC1CCCCN1)C(C)C. The molecule has 0 aliphatic carbocycles. The van der Waals surface area contributed by atoms with Gasteiger partial charge in [0, 0.05) is 24.7 Å². The Morgan fingerprint density at radius 3 is 2.39 bits per heavy atom. The zero-order valence-corrected chi connectivity index (χ0v) is 12.8. The average Bonchev–Trinajstić information content (AvgIpc) is 2.25. The van der Waals surface area contributed by atoms with E-state index in [1.54, 1.807) is 4.31 Å². The third-order valence-corrected chi connectivity index (χ3v) is 5.04.